The summed E-state index contributed by atoms with van der Waals surface area (Å²) in [6.45, 7) is 11.5. The van der Waals surface area contributed by atoms with E-state index in [1.165, 1.54) is 5.56 Å². The van der Waals surface area contributed by atoms with Crippen molar-refractivity contribution in [3.05, 3.63) is 17.0 Å². The molecule has 1 aromatic heterocycles. The standard InChI is InChI=1S/C16H30N4O2.HI/c1-12(2)11-21-10-6-8-18-16(17-5)19-9-7-15-13(3)20-22-14(15)4;/h12H,6-11H2,1-5H3,(H2,17,18,19);1H. The van der Waals surface area contributed by atoms with Crippen LogP contribution in [0.4, 0.5) is 0 Å². The second kappa shape index (κ2) is 12.6. The monoisotopic (exact) mass is 438 g/mol. The normalized spacial score (nSPS) is 11.5. The maximum absolute atomic E-state index is 5.55. The van der Waals surface area contributed by atoms with Crippen molar-refractivity contribution >= 4 is 29.9 Å². The Hall–Kier alpha value is -0.830. The van der Waals surface area contributed by atoms with Crippen LogP contribution in [-0.2, 0) is 11.2 Å². The quantitative estimate of drug-likeness (QED) is 0.269. The number of aliphatic imine (C=N–C) groups is 1. The second-order valence-corrected chi connectivity index (χ2v) is 5.80. The van der Waals surface area contributed by atoms with Crippen molar-refractivity contribution in [2.24, 2.45) is 10.9 Å². The van der Waals surface area contributed by atoms with Gasteiger partial charge in [0, 0.05) is 38.9 Å². The topological polar surface area (TPSA) is 71.7 Å². The molecule has 23 heavy (non-hydrogen) atoms. The Kier molecular flexibility index (Phi) is 12.1. The van der Waals surface area contributed by atoms with E-state index in [0.717, 1.165) is 56.6 Å². The lowest BCUT2D eigenvalue weighted by molar-refractivity contribution is 0.108. The predicted octanol–water partition coefficient (Wildman–Crippen LogP) is 2.68. The highest BCUT2D eigenvalue weighted by Crippen LogP contribution is 2.11. The van der Waals surface area contributed by atoms with Gasteiger partial charge in [0.1, 0.15) is 5.76 Å². The smallest absolute Gasteiger partial charge is 0.190 e. The number of nitrogens with zero attached hydrogens (tertiary/aromatic N) is 2. The summed E-state index contributed by atoms with van der Waals surface area (Å²) in [5, 5.41) is 10.5. The lowest BCUT2D eigenvalue weighted by Crippen LogP contribution is -2.39. The third kappa shape index (κ3) is 9.14. The molecule has 1 aromatic rings. The number of rotatable bonds is 9. The summed E-state index contributed by atoms with van der Waals surface area (Å²) >= 11 is 0. The molecule has 7 heteroatoms. The van der Waals surface area contributed by atoms with Gasteiger partial charge in [0.15, 0.2) is 5.96 Å². The third-order valence-electron chi connectivity index (χ3n) is 3.28. The van der Waals surface area contributed by atoms with Crippen molar-refractivity contribution in [3.63, 3.8) is 0 Å². The summed E-state index contributed by atoms with van der Waals surface area (Å²) in [5.41, 5.74) is 2.13. The van der Waals surface area contributed by atoms with Crippen LogP contribution in [0.15, 0.2) is 9.52 Å². The van der Waals surface area contributed by atoms with Crippen LogP contribution in [0, 0.1) is 19.8 Å². The minimum atomic E-state index is 0. The first kappa shape index (κ1) is 22.2. The minimum absolute atomic E-state index is 0. The van der Waals surface area contributed by atoms with Crippen LogP contribution in [0.5, 0.6) is 0 Å². The largest absolute Gasteiger partial charge is 0.381 e. The average Bonchev–Trinajstić information content (AvgIpc) is 2.80. The van der Waals surface area contributed by atoms with Crippen molar-refractivity contribution in [1.29, 1.82) is 0 Å². The number of guanidine groups is 1. The first-order chi connectivity index (χ1) is 10.5. The number of aromatic nitrogens is 1. The van der Waals surface area contributed by atoms with Gasteiger partial charge < -0.3 is 19.9 Å². The van der Waals surface area contributed by atoms with Crippen LogP contribution in [0.1, 0.15) is 37.3 Å². The molecular formula is C16H31IN4O2. The molecule has 1 heterocycles. The van der Waals surface area contributed by atoms with E-state index in [1.54, 1.807) is 7.05 Å². The van der Waals surface area contributed by atoms with Crippen LogP contribution in [0.2, 0.25) is 0 Å². The van der Waals surface area contributed by atoms with Crippen molar-refractivity contribution in [2.75, 3.05) is 33.4 Å². The van der Waals surface area contributed by atoms with Crippen molar-refractivity contribution < 1.29 is 9.26 Å². The maximum atomic E-state index is 5.55. The third-order valence-corrected chi connectivity index (χ3v) is 3.28. The number of hydrogen-bond acceptors (Lipinski definition) is 4. The molecule has 1 rings (SSSR count). The number of nitrogens with one attached hydrogen (secondary N) is 2. The Morgan fingerprint density at radius 3 is 2.52 bits per heavy atom. The summed E-state index contributed by atoms with van der Waals surface area (Å²) < 4.78 is 10.7. The zero-order chi connectivity index (χ0) is 16.4. The van der Waals surface area contributed by atoms with Crippen LogP contribution < -0.4 is 10.6 Å². The number of halogens is 1. The fraction of sp³-hybridized carbons (Fsp3) is 0.750. The summed E-state index contributed by atoms with van der Waals surface area (Å²) in [6.07, 6.45) is 1.84. The van der Waals surface area contributed by atoms with Crippen LogP contribution >= 0.6 is 24.0 Å². The molecule has 0 bridgehead atoms. The molecule has 0 saturated heterocycles. The molecule has 0 aliphatic heterocycles. The van der Waals surface area contributed by atoms with E-state index >= 15 is 0 Å². The molecule has 0 aliphatic carbocycles. The van der Waals surface area contributed by atoms with Crippen LogP contribution in [0.25, 0.3) is 0 Å². The number of hydrogen-bond donors (Lipinski definition) is 2. The van der Waals surface area contributed by atoms with E-state index in [4.69, 9.17) is 9.26 Å². The van der Waals surface area contributed by atoms with E-state index in [0.29, 0.717) is 5.92 Å². The molecule has 2 N–H and O–H groups in total. The highest BCUT2D eigenvalue weighted by atomic mass is 127. The summed E-state index contributed by atoms with van der Waals surface area (Å²) in [5.74, 6) is 2.30. The highest BCUT2D eigenvalue weighted by molar-refractivity contribution is 14.0. The van der Waals surface area contributed by atoms with Gasteiger partial charge in [-0.1, -0.05) is 19.0 Å². The van der Waals surface area contributed by atoms with Crippen molar-refractivity contribution in [1.82, 2.24) is 15.8 Å². The molecule has 0 aromatic carbocycles. The predicted molar refractivity (Wildman–Crippen MR) is 105 cm³/mol. The van der Waals surface area contributed by atoms with E-state index < -0.39 is 0 Å². The zero-order valence-corrected chi connectivity index (χ0v) is 17.3. The van der Waals surface area contributed by atoms with Crippen molar-refractivity contribution in [2.45, 2.75) is 40.5 Å². The van der Waals surface area contributed by atoms with Gasteiger partial charge in [-0.3, -0.25) is 4.99 Å². The molecule has 6 nitrogen and oxygen atoms in total. The molecule has 0 amide bonds. The van der Waals surface area contributed by atoms with Crippen LogP contribution in [-0.4, -0.2) is 44.5 Å². The zero-order valence-electron chi connectivity index (χ0n) is 14.9. The van der Waals surface area contributed by atoms with E-state index in [9.17, 15) is 0 Å². The van der Waals surface area contributed by atoms with Gasteiger partial charge in [-0.25, -0.2) is 0 Å². The van der Waals surface area contributed by atoms with Gasteiger partial charge in [0.2, 0.25) is 0 Å². The SMILES string of the molecule is CN=C(NCCCOCC(C)C)NCCc1c(C)noc1C.I. The molecule has 0 radical (unpaired) electrons. The summed E-state index contributed by atoms with van der Waals surface area (Å²) in [6, 6.07) is 0. The number of ether oxygens (including phenoxy) is 1. The maximum Gasteiger partial charge on any atom is 0.190 e. The van der Waals surface area contributed by atoms with E-state index in [2.05, 4.69) is 34.6 Å². The molecule has 0 atom stereocenters. The molecule has 0 aliphatic rings. The highest BCUT2D eigenvalue weighted by Gasteiger charge is 2.08. The lowest BCUT2D eigenvalue weighted by atomic mass is 10.1. The van der Waals surface area contributed by atoms with Gasteiger partial charge in [-0.05, 0) is 32.6 Å². The van der Waals surface area contributed by atoms with Crippen LogP contribution in [0.3, 0.4) is 0 Å². The van der Waals surface area contributed by atoms with Gasteiger partial charge in [-0.15, -0.1) is 24.0 Å². The Labute approximate surface area is 156 Å². The van der Waals surface area contributed by atoms with Gasteiger partial charge in [0.25, 0.3) is 0 Å². The summed E-state index contributed by atoms with van der Waals surface area (Å²) in [4.78, 5) is 4.21. The molecule has 0 fully saturated rings. The molecule has 0 unspecified atom stereocenters. The van der Waals surface area contributed by atoms with Gasteiger partial charge in [-0.2, -0.15) is 0 Å². The Balaban J connectivity index is 0.00000484. The second-order valence-electron chi connectivity index (χ2n) is 5.80. The molecule has 0 spiro atoms. The Bertz CT molecular complexity index is 441. The molecule has 134 valence electrons. The van der Waals surface area contributed by atoms with E-state index in [1.807, 2.05) is 13.8 Å². The summed E-state index contributed by atoms with van der Waals surface area (Å²) in [7, 11) is 1.78. The van der Waals surface area contributed by atoms with Gasteiger partial charge in [0.05, 0.1) is 5.69 Å². The molecular weight excluding hydrogens is 407 g/mol. The Morgan fingerprint density at radius 1 is 1.26 bits per heavy atom. The Morgan fingerprint density at radius 2 is 1.96 bits per heavy atom. The molecule has 0 saturated carbocycles. The fourth-order valence-electron chi connectivity index (χ4n) is 2.09. The average molecular weight is 438 g/mol. The lowest BCUT2D eigenvalue weighted by Gasteiger charge is -2.12. The fourth-order valence-corrected chi connectivity index (χ4v) is 2.09. The van der Waals surface area contributed by atoms with Crippen molar-refractivity contribution in [3.8, 4) is 0 Å². The number of aryl methyl sites for hydroxylation is 2. The first-order valence-corrected chi connectivity index (χ1v) is 7.98. The van der Waals surface area contributed by atoms with E-state index in [-0.39, 0.29) is 24.0 Å². The van der Waals surface area contributed by atoms with Gasteiger partial charge >= 0.3 is 0 Å². The first-order valence-electron chi connectivity index (χ1n) is 7.98. The minimum Gasteiger partial charge on any atom is -0.381 e.